The monoisotopic (exact) mass is 308 g/mol. The molecule has 3 rings (SSSR count). The van der Waals surface area contributed by atoms with Crippen molar-refractivity contribution in [2.45, 2.75) is 32.2 Å². The highest BCUT2D eigenvalue weighted by molar-refractivity contribution is 7.89. The number of fused-ring (bicyclic) bond motifs is 1. The molecule has 1 atom stereocenters. The first-order valence-corrected chi connectivity index (χ1v) is 8.98. The molecular weight excluding hydrogens is 288 g/mol. The Morgan fingerprint density at radius 2 is 2.05 bits per heavy atom. The fraction of sp³-hybridized carbons (Fsp3) is 0.533. The molecular formula is C15H20N2O3S. The van der Waals surface area contributed by atoms with Crippen molar-refractivity contribution < 1.29 is 13.2 Å². The standard InChI is InChI=1S/C15H20N2O3S/c1-12-10-13-6-2-3-7-14(13)17(12)15(18)11-16-8-4-5-9-21(16,19)20/h2-3,6-7,12H,4-5,8-11H2,1H3. The van der Waals surface area contributed by atoms with E-state index in [2.05, 4.69) is 0 Å². The third kappa shape index (κ3) is 2.70. The van der Waals surface area contributed by atoms with Gasteiger partial charge in [0, 0.05) is 18.3 Å². The zero-order valence-corrected chi connectivity index (χ0v) is 13.0. The lowest BCUT2D eigenvalue weighted by molar-refractivity contribution is -0.119. The molecule has 114 valence electrons. The van der Waals surface area contributed by atoms with Crippen molar-refractivity contribution in [3.8, 4) is 0 Å². The summed E-state index contributed by atoms with van der Waals surface area (Å²) < 4.78 is 25.4. The molecule has 0 bridgehead atoms. The van der Waals surface area contributed by atoms with E-state index in [-0.39, 0.29) is 24.2 Å². The van der Waals surface area contributed by atoms with E-state index < -0.39 is 10.0 Å². The minimum absolute atomic E-state index is 0.0407. The second kappa shape index (κ2) is 5.42. The number of amides is 1. The van der Waals surface area contributed by atoms with Crippen LogP contribution in [-0.4, -0.2) is 43.5 Å². The molecule has 0 aromatic heterocycles. The predicted octanol–water partition coefficient (Wildman–Crippen LogP) is 1.39. The lowest BCUT2D eigenvalue weighted by atomic mass is 10.1. The van der Waals surface area contributed by atoms with E-state index in [1.165, 1.54) is 4.31 Å². The molecule has 2 heterocycles. The Morgan fingerprint density at radius 1 is 1.29 bits per heavy atom. The molecule has 1 fully saturated rings. The van der Waals surface area contributed by atoms with Gasteiger partial charge in [-0.1, -0.05) is 18.2 Å². The summed E-state index contributed by atoms with van der Waals surface area (Å²) in [4.78, 5) is 14.3. The van der Waals surface area contributed by atoms with Crippen molar-refractivity contribution in [3.05, 3.63) is 29.8 Å². The number of sulfonamides is 1. The highest BCUT2D eigenvalue weighted by Gasteiger charge is 2.34. The number of nitrogens with zero attached hydrogens (tertiary/aromatic N) is 2. The second-order valence-electron chi connectivity index (χ2n) is 5.80. The Labute approximate surface area is 125 Å². The van der Waals surface area contributed by atoms with Crippen molar-refractivity contribution in [1.29, 1.82) is 0 Å². The molecule has 0 aliphatic carbocycles. The highest BCUT2D eigenvalue weighted by atomic mass is 32.2. The molecule has 1 amide bonds. The molecule has 5 nitrogen and oxygen atoms in total. The number of anilines is 1. The van der Waals surface area contributed by atoms with Gasteiger partial charge in [0.05, 0.1) is 12.3 Å². The van der Waals surface area contributed by atoms with Gasteiger partial charge in [-0.05, 0) is 37.8 Å². The molecule has 0 saturated carbocycles. The summed E-state index contributed by atoms with van der Waals surface area (Å²) in [5, 5.41) is 0. The van der Waals surface area contributed by atoms with Gasteiger partial charge in [0.2, 0.25) is 15.9 Å². The van der Waals surface area contributed by atoms with Crippen molar-refractivity contribution >= 4 is 21.6 Å². The molecule has 21 heavy (non-hydrogen) atoms. The van der Waals surface area contributed by atoms with E-state index in [4.69, 9.17) is 0 Å². The molecule has 2 aliphatic heterocycles. The van der Waals surface area contributed by atoms with Crippen LogP contribution < -0.4 is 4.90 Å². The maximum atomic E-state index is 12.6. The van der Waals surface area contributed by atoms with Gasteiger partial charge in [-0.2, -0.15) is 4.31 Å². The Hall–Kier alpha value is -1.40. The van der Waals surface area contributed by atoms with Crippen LogP contribution in [0.25, 0.3) is 0 Å². The van der Waals surface area contributed by atoms with Crippen LogP contribution in [0.3, 0.4) is 0 Å². The van der Waals surface area contributed by atoms with Crippen molar-refractivity contribution in [2.75, 3.05) is 23.7 Å². The molecule has 1 aromatic rings. The third-order valence-electron chi connectivity index (χ3n) is 4.24. The average molecular weight is 308 g/mol. The fourth-order valence-electron chi connectivity index (χ4n) is 3.19. The summed E-state index contributed by atoms with van der Waals surface area (Å²) in [6.07, 6.45) is 2.35. The van der Waals surface area contributed by atoms with Gasteiger partial charge in [-0.3, -0.25) is 4.79 Å². The highest BCUT2D eigenvalue weighted by Crippen LogP contribution is 2.32. The SMILES string of the molecule is CC1Cc2ccccc2N1C(=O)CN1CCCCS1(=O)=O. The number of carbonyl (C=O) groups is 1. The first-order valence-electron chi connectivity index (χ1n) is 7.37. The second-order valence-corrected chi connectivity index (χ2v) is 7.89. The van der Waals surface area contributed by atoms with Gasteiger partial charge in [0.15, 0.2) is 0 Å². The van der Waals surface area contributed by atoms with Crippen LogP contribution in [0, 0.1) is 0 Å². The van der Waals surface area contributed by atoms with E-state index in [0.717, 1.165) is 24.1 Å². The normalized spacial score (nSPS) is 24.8. The molecule has 6 heteroatoms. The minimum Gasteiger partial charge on any atom is -0.308 e. The first kappa shape index (κ1) is 14.5. The Balaban J connectivity index is 1.80. The summed E-state index contributed by atoms with van der Waals surface area (Å²) in [5.41, 5.74) is 2.07. The predicted molar refractivity (Wildman–Crippen MR) is 81.7 cm³/mol. The van der Waals surface area contributed by atoms with E-state index in [1.54, 1.807) is 4.90 Å². The van der Waals surface area contributed by atoms with Gasteiger partial charge >= 0.3 is 0 Å². The van der Waals surface area contributed by atoms with Gasteiger partial charge in [0.1, 0.15) is 0 Å². The number of para-hydroxylation sites is 1. The van der Waals surface area contributed by atoms with Crippen molar-refractivity contribution in [1.82, 2.24) is 4.31 Å². The van der Waals surface area contributed by atoms with Crippen molar-refractivity contribution in [2.24, 2.45) is 0 Å². The quantitative estimate of drug-likeness (QED) is 0.829. The maximum absolute atomic E-state index is 12.6. The summed E-state index contributed by atoms with van der Waals surface area (Å²) in [6.45, 7) is 2.42. The molecule has 2 aliphatic rings. The number of rotatable bonds is 2. The lowest BCUT2D eigenvalue weighted by Gasteiger charge is -2.29. The molecule has 1 unspecified atom stereocenters. The Kier molecular flexibility index (Phi) is 3.75. The average Bonchev–Trinajstić information content (AvgIpc) is 2.77. The Bertz CT molecular complexity index is 657. The van der Waals surface area contributed by atoms with Crippen LogP contribution in [0.15, 0.2) is 24.3 Å². The van der Waals surface area contributed by atoms with Gasteiger partial charge in [0.25, 0.3) is 0 Å². The van der Waals surface area contributed by atoms with Crippen molar-refractivity contribution in [3.63, 3.8) is 0 Å². The fourth-order valence-corrected chi connectivity index (χ4v) is 4.73. The zero-order valence-electron chi connectivity index (χ0n) is 12.2. The number of hydrogen-bond acceptors (Lipinski definition) is 3. The van der Waals surface area contributed by atoms with Crippen LogP contribution >= 0.6 is 0 Å². The van der Waals surface area contributed by atoms with E-state index in [1.807, 2.05) is 31.2 Å². The summed E-state index contributed by atoms with van der Waals surface area (Å²) >= 11 is 0. The third-order valence-corrected chi connectivity index (χ3v) is 6.14. The molecule has 1 aromatic carbocycles. The molecule has 0 spiro atoms. The molecule has 0 radical (unpaired) electrons. The van der Waals surface area contributed by atoms with Gasteiger partial charge in [-0.25, -0.2) is 8.42 Å². The van der Waals surface area contributed by atoms with E-state index in [0.29, 0.717) is 13.0 Å². The number of carbonyl (C=O) groups excluding carboxylic acids is 1. The lowest BCUT2D eigenvalue weighted by Crippen LogP contribution is -2.47. The van der Waals surface area contributed by atoms with Crippen LogP contribution in [0.1, 0.15) is 25.3 Å². The van der Waals surface area contributed by atoms with Crippen LogP contribution in [0.4, 0.5) is 5.69 Å². The first-order chi connectivity index (χ1) is 9.99. The largest absolute Gasteiger partial charge is 0.308 e. The topological polar surface area (TPSA) is 57.7 Å². The number of hydrogen-bond donors (Lipinski definition) is 0. The van der Waals surface area contributed by atoms with Gasteiger partial charge in [-0.15, -0.1) is 0 Å². The van der Waals surface area contributed by atoms with E-state index in [9.17, 15) is 13.2 Å². The van der Waals surface area contributed by atoms with E-state index >= 15 is 0 Å². The summed E-state index contributed by atoms with van der Waals surface area (Å²) in [5.74, 6) is 0.0322. The molecule has 0 N–H and O–H groups in total. The van der Waals surface area contributed by atoms with Gasteiger partial charge < -0.3 is 4.90 Å². The minimum atomic E-state index is -3.26. The van der Waals surface area contributed by atoms with Crippen LogP contribution in [0.5, 0.6) is 0 Å². The summed E-state index contributed by atoms with van der Waals surface area (Å²) in [7, 11) is -3.26. The summed E-state index contributed by atoms with van der Waals surface area (Å²) in [6, 6.07) is 7.92. The Morgan fingerprint density at radius 3 is 2.81 bits per heavy atom. The molecule has 1 saturated heterocycles. The van der Waals surface area contributed by atoms with Crippen LogP contribution in [-0.2, 0) is 21.2 Å². The maximum Gasteiger partial charge on any atom is 0.242 e. The van der Waals surface area contributed by atoms with Crippen LogP contribution in [0.2, 0.25) is 0 Å². The smallest absolute Gasteiger partial charge is 0.242 e. The number of benzene rings is 1. The zero-order chi connectivity index (χ0) is 15.0.